The Morgan fingerprint density at radius 2 is 0.762 bits per heavy atom. The van der Waals surface area contributed by atoms with Gasteiger partial charge in [0, 0.05) is 37.7 Å². The zero-order valence-electron chi connectivity index (χ0n) is 34.1. The van der Waals surface area contributed by atoms with Crippen LogP contribution in [-0.2, 0) is 10.8 Å². The van der Waals surface area contributed by atoms with Crippen LogP contribution >= 0.6 is 11.8 Å². The summed E-state index contributed by atoms with van der Waals surface area (Å²) in [6.45, 7) is 0. The van der Waals surface area contributed by atoms with Gasteiger partial charge in [-0.2, -0.15) is 0 Å². The van der Waals surface area contributed by atoms with Gasteiger partial charge >= 0.3 is 0 Å². The highest BCUT2D eigenvalue weighted by atomic mass is 32.2. The molecule has 14 rings (SSSR count). The summed E-state index contributed by atoms with van der Waals surface area (Å²) in [6, 6.07) is 83.3. The van der Waals surface area contributed by atoms with Crippen LogP contribution in [0.1, 0.15) is 44.5 Å². The molecule has 0 aromatic heterocycles. The molecule has 0 unspecified atom stereocenters. The van der Waals surface area contributed by atoms with Crippen molar-refractivity contribution >= 4 is 39.6 Å². The average Bonchev–Trinajstić information content (AvgIpc) is 3.79. The van der Waals surface area contributed by atoms with Crippen LogP contribution in [0.3, 0.4) is 0 Å². The van der Waals surface area contributed by atoms with Crippen molar-refractivity contribution in [3.63, 3.8) is 0 Å². The van der Waals surface area contributed by atoms with Crippen molar-refractivity contribution in [1.82, 2.24) is 0 Å². The summed E-state index contributed by atoms with van der Waals surface area (Å²) >= 11 is 1.89. The first-order chi connectivity index (χ1) is 31.2. The summed E-state index contributed by atoms with van der Waals surface area (Å²) < 4.78 is 6.65. The van der Waals surface area contributed by atoms with Crippen molar-refractivity contribution in [2.24, 2.45) is 0 Å². The second-order valence-electron chi connectivity index (χ2n) is 17.1. The predicted molar refractivity (Wildman–Crippen MR) is 257 cm³/mol. The Hall–Kier alpha value is -7.59. The van der Waals surface area contributed by atoms with Gasteiger partial charge in [0.15, 0.2) is 0 Å². The van der Waals surface area contributed by atoms with Gasteiger partial charge in [-0.3, -0.25) is 0 Å². The molecule has 0 N–H and O–H groups in total. The number of hydrogen-bond acceptors (Lipinski definition) is 3. The molecule has 0 bridgehead atoms. The Kier molecular flexibility index (Phi) is 7.21. The molecule has 0 amide bonds. The average molecular weight is 820 g/mol. The lowest BCUT2D eigenvalue weighted by molar-refractivity contribution is 0.436. The van der Waals surface area contributed by atoms with E-state index in [-0.39, 0.29) is 0 Å². The number of anilines is 3. The summed E-state index contributed by atoms with van der Waals surface area (Å²) in [6.07, 6.45) is 0. The molecule has 2 heterocycles. The minimum Gasteiger partial charge on any atom is -0.457 e. The number of rotatable bonds is 3. The van der Waals surface area contributed by atoms with Crippen molar-refractivity contribution in [3.05, 3.63) is 269 Å². The van der Waals surface area contributed by atoms with E-state index < -0.39 is 10.8 Å². The number of hydrogen-bond donors (Lipinski definition) is 0. The van der Waals surface area contributed by atoms with Gasteiger partial charge in [-0.1, -0.05) is 182 Å². The highest BCUT2D eigenvalue weighted by molar-refractivity contribution is 7.99. The maximum atomic E-state index is 6.65. The van der Waals surface area contributed by atoms with Crippen molar-refractivity contribution in [3.8, 4) is 33.8 Å². The third-order valence-electron chi connectivity index (χ3n) is 14.2. The minimum absolute atomic E-state index is 0.435. The number of nitrogens with zero attached hydrogens (tertiary/aromatic N) is 1. The lowest BCUT2D eigenvalue weighted by Gasteiger charge is -2.39. The molecule has 2 aliphatic heterocycles. The molecule has 2 aliphatic carbocycles. The van der Waals surface area contributed by atoms with E-state index in [4.69, 9.17) is 4.74 Å². The van der Waals surface area contributed by atoms with Crippen LogP contribution in [0.2, 0.25) is 0 Å². The van der Waals surface area contributed by atoms with Crippen molar-refractivity contribution < 1.29 is 4.74 Å². The van der Waals surface area contributed by atoms with Gasteiger partial charge in [-0.15, -0.1) is 0 Å². The van der Waals surface area contributed by atoms with Crippen LogP contribution in [0.5, 0.6) is 11.5 Å². The fourth-order valence-electron chi connectivity index (χ4n) is 11.8. The topological polar surface area (TPSA) is 12.5 Å². The van der Waals surface area contributed by atoms with Crippen LogP contribution in [0.4, 0.5) is 17.1 Å². The zero-order chi connectivity index (χ0) is 41.3. The Morgan fingerprint density at radius 3 is 1.35 bits per heavy atom. The maximum absolute atomic E-state index is 6.65. The van der Waals surface area contributed by atoms with E-state index in [1.54, 1.807) is 0 Å². The smallest absolute Gasteiger partial charge is 0.132 e. The summed E-state index contributed by atoms with van der Waals surface area (Å²) in [5.41, 5.74) is 17.7. The molecule has 0 fully saturated rings. The fourth-order valence-corrected chi connectivity index (χ4v) is 13.0. The van der Waals surface area contributed by atoms with Gasteiger partial charge in [-0.25, -0.2) is 0 Å². The van der Waals surface area contributed by atoms with Crippen molar-refractivity contribution in [2.75, 3.05) is 4.90 Å². The lowest BCUT2D eigenvalue weighted by atomic mass is 9.66. The van der Waals surface area contributed by atoms with Gasteiger partial charge < -0.3 is 9.64 Å². The molecular formula is C60H37NOS. The van der Waals surface area contributed by atoms with E-state index in [1.807, 2.05) is 11.8 Å². The van der Waals surface area contributed by atoms with Gasteiger partial charge in [0.25, 0.3) is 0 Å². The Balaban J connectivity index is 1.03. The lowest BCUT2D eigenvalue weighted by Crippen LogP contribution is -2.32. The van der Waals surface area contributed by atoms with Gasteiger partial charge in [0.05, 0.1) is 16.5 Å². The second-order valence-corrected chi connectivity index (χ2v) is 18.2. The molecule has 0 saturated carbocycles. The van der Waals surface area contributed by atoms with E-state index in [1.165, 1.54) is 87.3 Å². The number of ether oxygens (including phenoxy) is 1. The van der Waals surface area contributed by atoms with E-state index >= 15 is 0 Å². The molecule has 63 heavy (non-hydrogen) atoms. The van der Waals surface area contributed by atoms with Crippen LogP contribution < -0.4 is 9.64 Å². The standard InChI is InChI=1S/C60H37NOS/c1-2-18-41-38(16-1)17-15-27-54(41)61(39-32-34-48-44(36-39)42-19-3-5-21-46(42)59(48)50-23-7-11-28-55(50)62-56-29-12-8-24-51(56)59)40-33-35-49-45(37-40)43-20-4-6-22-47(43)60(49)52-25-9-13-30-57(52)63-58-31-14-10-26-53(58)60/h1-37H. The van der Waals surface area contributed by atoms with Crippen LogP contribution in [0.25, 0.3) is 33.0 Å². The molecule has 4 aliphatic rings. The first-order valence-electron chi connectivity index (χ1n) is 21.7. The minimum atomic E-state index is -0.531. The first kappa shape index (κ1) is 35.1. The SMILES string of the molecule is c1ccc2c(c1)Oc1ccccc1C21c2ccccc2-c2cc(N(c3ccc4c(c3)-c3ccccc3C43c4ccccc4Sc4ccccc43)c3cccc4ccccc34)ccc21. The highest BCUT2D eigenvalue weighted by Gasteiger charge is 2.52. The van der Waals surface area contributed by atoms with E-state index in [0.29, 0.717) is 0 Å². The number of fused-ring (bicyclic) bond motifs is 19. The summed E-state index contributed by atoms with van der Waals surface area (Å²) in [4.78, 5) is 5.12. The molecule has 3 heteroatoms. The van der Waals surface area contributed by atoms with E-state index in [9.17, 15) is 0 Å². The summed E-state index contributed by atoms with van der Waals surface area (Å²) in [5.74, 6) is 1.80. The normalized spacial score (nSPS) is 14.7. The Labute approximate surface area is 370 Å². The highest BCUT2D eigenvalue weighted by Crippen LogP contribution is 2.64. The molecule has 0 saturated heterocycles. The quantitative estimate of drug-likeness (QED) is 0.176. The largest absolute Gasteiger partial charge is 0.457 e. The molecular weight excluding hydrogens is 783 g/mol. The molecule has 2 nitrogen and oxygen atoms in total. The van der Waals surface area contributed by atoms with Crippen LogP contribution in [0, 0.1) is 0 Å². The second kappa shape index (κ2) is 13.0. The third kappa shape index (κ3) is 4.54. The number of para-hydroxylation sites is 2. The Morgan fingerprint density at radius 1 is 0.333 bits per heavy atom. The van der Waals surface area contributed by atoms with Crippen molar-refractivity contribution in [2.45, 2.75) is 20.6 Å². The molecule has 0 radical (unpaired) electrons. The zero-order valence-corrected chi connectivity index (χ0v) is 34.9. The summed E-state index contributed by atoms with van der Waals surface area (Å²) in [7, 11) is 0. The predicted octanol–water partition coefficient (Wildman–Crippen LogP) is 15.6. The summed E-state index contributed by atoms with van der Waals surface area (Å²) in [5, 5.41) is 2.41. The molecule has 10 aromatic rings. The third-order valence-corrected chi connectivity index (χ3v) is 15.3. The van der Waals surface area contributed by atoms with Crippen molar-refractivity contribution in [1.29, 1.82) is 0 Å². The van der Waals surface area contributed by atoms with Crippen LogP contribution in [0.15, 0.2) is 234 Å². The molecule has 10 aromatic carbocycles. The Bertz CT molecular complexity index is 3270. The molecule has 294 valence electrons. The molecule has 2 spiro atoms. The first-order valence-corrected chi connectivity index (χ1v) is 22.6. The van der Waals surface area contributed by atoms with E-state index in [0.717, 1.165) is 28.6 Å². The fraction of sp³-hybridized carbons (Fsp3) is 0.0333. The van der Waals surface area contributed by atoms with Gasteiger partial charge in [0.2, 0.25) is 0 Å². The van der Waals surface area contributed by atoms with Gasteiger partial charge in [-0.05, 0) is 116 Å². The number of benzene rings is 10. The molecule has 0 atom stereocenters. The van der Waals surface area contributed by atoms with Crippen LogP contribution in [-0.4, -0.2) is 0 Å². The maximum Gasteiger partial charge on any atom is 0.132 e. The van der Waals surface area contributed by atoms with Gasteiger partial charge in [0.1, 0.15) is 11.5 Å². The monoisotopic (exact) mass is 819 g/mol. The van der Waals surface area contributed by atoms with E-state index in [2.05, 4.69) is 229 Å².